The lowest BCUT2D eigenvalue weighted by Gasteiger charge is -2.36. The summed E-state index contributed by atoms with van der Waals surface area (Å²) < 4.78 is 13.2. The van der Waals surface area contributed by atoms with E-state index in [1.165, 1.54) is 11.8 Å². The molecule has 1 aromatic rings. The van der Waals surface area contributed by atoms with Gasteiger partial charge in [0.05, 0.1) is 30.1 Å². The highest BCUT2D eigenvalue weighted by Gasteiger charge is 2.36. The smallest absolute Gasteiger partial charge is 0.310 e. The van der Waals surface area contributed by atoms with E-state index in [9.17, 15) is 19.6 Å². The zero-order chi connectivity index (χ0) is 28.1. The summed E-state index contributed by atoms with van der Waals surface area (Å²) in [4.78, 5) is 43.8. The summed E-state index contributed by atoms with van der Waals surface area (Å²) in [6.45, 7) is 8.48. The lowest BCUT2D eigenvalue weighted by Crippen LogP contribution is -2.43. The molecular weight excluding hydrogens is 536 g/mol. The molecule has 0 saturated carbocycles. The molecular formula is C28H36N4O5S2. The molecule has 4 heterocycles. The Kier molecular flexibility index (Phi) is 9.86. The van der Waals surface area contributed by atoms with Crippen LogP contribution in [0.1, 0.15) is 69.1 Å². The molecule has 0 aromatic carbocycles. The van der Waals surface area contributed by atoms with Gasteiger partial charge < -0.3 is 14.4 Å². The Morgan fingerprint density at radius 1 is 1.28 bits per heavy atom. The number of rotatable bonds is 9. The van der Waals surface area contributed by atoms with Crippen LogP contribution in [0.2, 0.25) is 0 Å². The highest BCUT2D eigenvalue weighted by Crippen LogP contribution is 2.37. The fourth-order valence-electron chi connectivity index (χ4n) is 5.41. The minimum Gasteiger partial charge on any atom is -0.466 e. The van der Waals surface area contributed by atoms with Gasteiger partial charge in [-0.2, -0.15) is 5.26 Å². The van der Waals surface area contributed by atoms with Crippen molar-refractivity contribution in [2.45, 2.75) is 71.9 Å². The molecule has 39 heavy (non-hydrogen) atoms. The van der Waals surface area contributed by atoms with Gasteiger partial charge in [0.2, 0.25) is 0 Å². The van der Waals surface area contributed by atoms with Crippen LogP contribution in [0, 0.1) is 24.2 Å². The highest BCUT2D eigenvalue weighted by atomic mass is 32.2. The molecule has 1 aromatic heterocycles. The summed E-state index contributed by atoms with van der Waals surface area (Å²) in [6.07, 6.45) is 6.69. The van der Waals surface area contributed by atoms with E-state index in [-0.39, 0.29) is 35.0 Å². The summed E-state index contributed by atoms with van der Waals surface area (Å²) in [7, 11) is 0. The predicted octanol–water partition coefficient (Wildman–Crippen LogP) is 3.99. The predicted molar refractivity (Wildman–Crippen MR) is 155 cm³/mol. The largest absolute Gasteiger partial charge is 0.466 e. The molecule has 0 N–H and O–H groups in total. The Morgan fingerprint density at radius 2 is 2.08 bits per heavy atom. The minimum absolute atomic E-state index is 0.0292. The van der Waals surface area contributed by atoms with Crippen LogP contribution in [0.25, 0.3) is 6.08 Å². The fourth-order valence-corrected chi connectivity index (χ4v) is 6.67. The standard InChI is InChI=1S/C28H36N4O5S2/c1-4-6-12-31-24(30-11-7-9-19(16-30)27(35)36-5-2)21(18(3)22(15-29)25(31)33)14-23-26(34)32(28(38)39-23)17-20-10-8-13-37-20/h14,19-20H,4-13,16-17H2,1-3H3. The molecule has 0 bridgehead atoms. The molecule has 2 unspecified atom stereocenters. The zero-order valence-corrected chi connectivity index (χ0v) is 24.5. The molecule has 0 radical (unpaired) electrons. The number of thiocarbonyl (C=S) groups is 1. The molecule has 3 saturated heterocycles. The Morgan fingerprint density at radius 3 is 2.74 bits per heavy atom. The van der Waals surface area contributed by atoms with Gasteiger partial charge in [-0.25, -0.2) is 0 Å². The van der Waals surface area contributed by atoms with Gasteiger partial charge in [-0.15, -0.1) is 0 Å². The lowest BCUT2D eigenvalue weighted by molar-refractivity contribution is -0.148. The molecule has 0 spiro atoms. The average Bonchev–Trinajstić information content (AvgIpc) is 3.54. The number of nitriles is 1. The summed E-state index contributed by atoms with van der Waals surface area (Å²) >= 11 is 6.79. The van der Waals surface area contributed by atoms with Crippen molar-refractivity contribution in [2.75, 3.05) is 37.7 Å². The van der Waals surface area contributed by atoms with Crippen molar-refractivity contribution in [3.8, 4) is 6.07 Å². The first-order chi connectivity index (χ1) is 18.8. The number of aromatic nitrogens is 1. The molecule has 0 aliphatic carbocycles. The van der Waals surface area contributed by atoms with Gasteiger partial charge in [0.15, 0.2) is 0 Å². The lowest BCUT2D eigenvalue weighted by atomic mass is 9.96. The van der Waals surface area contributed by atoms with Crippen molar-refractivity contribution in [3.63, 3.8) is 0 Å². The van der Waals surface area contributed by atoms with E-state index in [1.807, 2.05) is 6.92 Å². The first kappa shape index (κ1) is 29.3. The topological polar surface area (TPSA) is 105 Å². The van der Waals surface area contributed by atoms with Gasteiger partial charge in [-0.1, -0.05) is 37.3 Å². The van der Waals surface area contributed by atoms with Crippen LogP contribution in [0.5, 0.6) is 0 Å². The Balaban J connectivity index is 1.80. The van der Waals surface area contributed by atoms with Crippen molar-refractivity contribution in [3.05, 3.63) is 31.9 Å². The number of ether oxygens (including phenoxy) is 2. The maximum Gasteiger partial charge on any atom is 0.310 e. The van der Waals surface area contributed by atoms with E-state index in [0.717, 1.165) is 32.1 Å². The summed E-state index contributed by atoms with van der Waals surface area (Å²) in [5.74, 6) is -0.115. The molecule has 3 aliphatic rings. The van der Waals surface area contributed by atoms with Crippen molar-refractivity contribution >= 4 is 52.1 Å². The normalized spacial score (nSPS) is 22.6. The maximum atomic E-state index is 13.5. The molecule has 4 rings (SSSR count). The van der Waals surface area contributed by atoms with Gasteiger partial charge in [0, 0.05) is 31.8 Å². The number of unbranched alkanes of at least 4 members (excludes halogenated alkanes) is 1. The van der Waals surface area contributed by atoms with Crippen LogP contribution in [0.3, 0.4) is 0 Å². The van der Waals surface area contributed by atoms with E-state index in [4.69, 9.17) is 21.7 Å². The quantitative estimate of drug-likeness (QED) is 0.247. The van der Waals surface area contributed by atoms with E-state index in [0.29, 0.717) is 72.0 Å². The van der Waals surface area contributed by atoms with Crippen LogP contribution in [-0.4, -0.2) is 64.6 Å². The number of esters is 1. The highest BCUT2D eigenvalue weighted by molar-refractivity contribution is 8.26. The second kappa shape index (κ2) is 13.1. The number of hydrogen-bond acceptors (Lipinski definition) is 9. The molecule has 210 valence electrons. The number of carbonyl (C=O) groups is 2. The molecule has 3 fully saturated rings. The number of thioether (sulfide) groups is 1. The Hall–Kier alpha value is -2.68. The van der Waals surface area contributed by atoms with Crippen molar-refractivity contribution < 1.29 is 19.1 Å². The number of carbonyl (C=O) groups excluding carboxylic acids is 2. The number of amides is 1. The Bertz CT molecular complexity index is 1260. The van der Waals surface area contributed by atoms with E-state index < -0.39 is 0 Å². The fraction of sp³-hybridized carbons (Fsp3) is 0.607. The van der Waals surface area contributed by atoms with Crippen molar-refractivity contribution in [1.82, 2.24) is 9.47 Å². The number of pyridine rings is 1. The third kappa shape index (κ3) is 6.23. The third-order valence-electron chi connectivity index (χ3n) is 7.48. The van der Waals surface area contributed by atoms with E-state index in [2.05, 4.69) is 11.0 Å². The molecule has 2 atom stereocenters. The monoisotopic (exact) mass is 572 g/mol. The second-order valence-corrected chi connectivity index (χ2v) is 11.8. The van der Waals surface area contributed by atoms with Gasteiger partial charge in [0.25, 0.3) is 11.5 Å². The average molecular weight is 573 g/mol. The maximum absolute atomic E-state index is 13.5. The third-order valence-corrected chi connectivity index (χ3v) is 8.86. The molecule has 3 aliphatic heterocycles. The van der Waals surface area contributed by atoms with Gasteiger partial charge in [-0.05, 0) is 57.6 Å². The zero-order valence-electron chi connectivity index (χ0n) is 22.9. The van der Waals surface area contributed by atoms with Crippen molar-refractivity contribution in [1.29, 1.82) is 5.26 Å². The van der Waals surface area contributed by atoms with Crippen LogP contribution in [-0.2, 0) is 25.6 Å². The van der Waals surface area contributed by atoms with E-state index in [1.54, 1.807) is 29.4 Å². The van der Waals surface area contributed by atoms with E-state index >= 15 is 0 Å². The second-order valence-electron chi connectivity index (χ2n) is 10.1. The molecule has 9 nitrogen and oxygen atoms in total. The van der Waals surface area contributed by atoms with Gasteiger partial charge in [-0.3, -0.25) is 23.9 Å². The first-order valence-electron chi connectivity index (χ1n) is 13.8. The van der Waals surface area contributed by atoms with Crippen LogP contribution in [0.4, 0.5) is 5.82 Å². The number of hydrogen-bond donors (Lipinski definition) is 0. The van der Waals surface area contributed by atoms with Crippen LogP contribution < -0.4 is 10.5 Å². The van der Waals surface area contributed by atoms with Crippen molar-refractivity contribution in [2.24, 2.45) is 5.92 Å². The van der Waals surface area contributed by atoms with Gasteiger partial charge >= 0.3 is 5.97 Å². The molecule has 1 amide bonds. The van der Waals surface area contributed by atoms with Gasteiger partial charge in [0.1, 0.15) is 21.8 Å². The van der Waals surface area contributed by atoms with Crippen LogP contribution in [0.15, 0.2) is 9.70 Å². The number of nitrogens with zero attached hydrogens (tertiary/aromatic N) is 4. The summed E-state index contributed by atoms with van der Waals surface area (Å²) in [6, 6.07) is 2.10. The SMILES string of the molecule is CCCCn1c(N2CCCC(C(=O)OCC)C2)c(C=C2SC(=S)N(CC3CCCO3)C2=O)c(C)c(C#N)c1=O. The summed E-state index contributed by atoms with van der Waals surface area (Å²) in [5, 5.41) is 9.93. The number of anilines is 1. The molecule has 11 heteroatoms. The Labute approximate surface area is 239 Å². The minimum atomic E-state index is -0.347. The first-order valence-corrected chi connectivity index (χ1v) is 15.0. The summed E-state index contributed by atoms with van der Waals surface area (Å²) in [5.41, 5.74) is 0.881. The number of piperidine rings is 1. The van der Waals surface area contributed by atoms with Crippen LogP contribution >= 0.6 is 24.0 Å².